The molecular weight excluding hydrogens is 268 g/mol. The molecule has 1 aromatic rings. The van der Waals surface area contributed by atoms with Crippen LogP contribution in [0.5, 0.6) is 0 Å². The Kier molecular flexibility index (Phi) is 5.31. The van der Waals surface area contributed by atoms with Gasteiger partial charge < -0.3 is 10.4 Å². The van der Waals surface area contributed by atoms with Crippen molar-refractivity contribution in [3.63, 3.8) is 0 Å². The van der Waals surface area contributed by atoms with Crippen molar-refractivity contribution in [2.45, 2.75) is 37.4 Å². The van der Waals surface area contributed by atoms with Crippen LogP contribution in [0.2, 0.25) is 0 Å². The number of aliphatic carboxylic acids is 1. The Morgan fingerprint density at radius 3 is 3.17 bits per heavy atom. The fourth-order valence-corrected chi connectivity index (χ4v) is 3.90. The van der Waals surface area contributed by atoms with Gasteiger partial charge in [0.25, 0.3) is 0 Å². The van der Waals surface area contributed by atoms with E-state index in [-0.39, 0.29) is 6.42 Å². The van der Waals surface area contributed by atoms with Crippen LogP contribution in [0.25, 0.3) is 0 Å². The SMILES string of the molecule is O=C(O)CCc1csc(NCC2CCCCS2)n1. The van der Waals surface area contributed by atoms with Crippen molar-refractivity contribution in [1.29, 1.82) is 0 Å². The van der Waals surface area contributed by atoms with E-state index < -0.39 is 5.97 Å². The topological polar surface area (TPSA) is 62.2 Å². The third kappa shape index (κ3) is 4.49. The number of nitrogens with one attached hydrogen (secondary N) is 1. The van der Waals surface area contributed by atoms with Crippen molar-refractivity contribution in [2.75, 3.05) is 17.6 Å². The fourth-order valence-electron chi connectivity index (χ4n) is 1.91. The molecule has 2 rings (SSSR count). The van der Waals surface area contributed by atoms with Gasteiger partial charge in [0.15, 0.2) is 5.13 Å². The van der Waals surface area contributed by atoms with Crippen molar-refractivity contribution in [3.8, 4) is 0 Å². The van der Waals surface area contributed by atoms with Crippen molar-refractivity contribution >= 4 is 34.2 Å². The normalized spacial score (nSPS) is 19.7. The van der Waals surface area contributed by atoms with Crippen LogP contribution < -0.4 is 5.32 Å². The summed E-state index contributed by atoms with van der Waals surface area (Å²) in [4.78, 5) is 14.9. The number of nitrogens with zero attached hydrogens (tertiary/aromatic N) is 1. The number of carboxylic acid groups (broad SMARTS) is 1. The Morgan fingerprint density at radius 2 is 2.44 bits per heavy atom. The molecule has 0 bridgehead atoms. The van der Waals surface area contributed by atoms with Gasteiger partial charge in [0, 0.05) is 23.6 Å². The molecule has 0 radical (unpaired) electrons. The maximum absolute atomic E-state index is 10.5. The van der Waals surface area contributed by atoms with Gasteiger partial charge in [0.1, 0.15) is 0 Å². The van der Waals surface area contributed by atoms with E-state index in [0.717, 1.165) is 17.4 Å². The lowest BCUT2D eigenvalue weighted by atomic mass is 10.2. The summed E-state index contributed by atoms with van der Waals surface area (Å²) in [6.07, 6.45) is 4.64. The van der Waals surface area contributed by atoms with Gasteiger partial charge in [0.2, 0.25) is 0 Å². The van der Waals surface area contributed by atoms with E-state index in [1.807, 2.05) is 17.1 Å². The standard InChI is InChI=1S/C12H18N2O2S2/c15-11(16)5-4-9-8-18-12(14-9)13-7-10-3-1-2-6-17-10/h8,10H,1-7H2,(H,13,14)(H,15,16). The second-order valence-corrected chi connectivity index (χ2v) is 6.67. The van der Waals surface area contributed by atoms with Crippen molar-refractivity contribution < 1.29 is 9.90 Å². The van der Waals surface area contributed by atoms with Gasteiger partial charge in [-0.25, -0.2) is 4.98 Å². The summed E-state index contributed by atoms with van der Waals surface area (Å²) in [5.74, 6) is 0.504. The summed E-state index contributed by atoms with van der Waals surface area (Å²) in [7, 11) is 0. The number of anilines is 1. The molecule has 2 N–H and O–H groups in total. The summed E-state index contributed by atoms with van der Waals surface area (Å²) in [6.45, 7) is 0.969. The molecule has 6 heteroatoms. The van der Waals surface area contributed by atoms with Gasteiger partial charge >= 0.3 is 5.97 Å². The molecule has 1 unspecified atom stereocenters. The number of hydrogen-bond acceptors (Lipinski definition) is 5. The lowest BCUT2D eigenvalue weighted by Gasteiger charge is -2.21. The van der Waals surface area contributed by atoms with Crippen LogP contribution in [0.1, 0.15) is 31.4 Å². The number of thioether (sulfide) groups is 1. The summed E-state index contributed by atoms with van der Waals surface area (Å²) in [6, 6.07) is 0. The maximum Gasteiger partial charge on any atom is 0.303 e. The molecule has 0 saturated carbocycles. The van der Waals surface area contributed by atoms with E-state index >= 15 is 0 Å². The number of rotatable bonds is 6. The van der Waals surface area contributed by atoms with Crippen LogP contribution in [-0.4, -0.2) is 33.6 Å². The molecule has 1 fully saturated rings. The van der Waals surface area contributed by atoms with Crippen LogP contribution in [-0.2, 0) is 11.2 Å². The first-order valence-corrected chi connectivity index (χ1v) is 8.18. The molecule has 18 heavy (non-hydrogen) atoms. The highest BCUT2D eigenvalue weighted by atomic mass is 32.2. The average Bonchev–Trinajstić information content (AvgIpc) is 2.83. The zero-order chi connectivity index (χ0) is 12.8. The second-order valence-electron chi connectivity index (χ2n) is 4.41. The molecule has 0 aromatic carbocycles. The number of thiazole rings is 1. The highest BCUT2D eigenvalue weighted by Gasteiger charge is 2.14. The Balaban J connectivity index is 1.73. The zero-order valence-electron chi connectivity index (χ0n) is 10.2. The Labute approximate surface area is 115 Å². The molecule has 0 aliphatic carbocycles. The molecule has 1 aromatic heterocycles. The highest BCUT2D eigenvalue weighted by molar-refractivity contribution is 7.99. The van der Waals surface area contributed by atoms with Crippen LogP contribution in [0.15, 0.2) is 5.38 Å². The lowest BCUT2D eigenvalue weighted by Crippen LogP contribution is -2.19. The lowest BCUT2D eigenvalue weighted by molar-refractivity contribution is -0.136. The quantitative estimate of drug-likeness (QED) is 0.842. The van der Waals surface area contributed by atoms with E-state index in [1.165, 1.54) is 25.0 Å². The molecule has 1 atom stereocenters. The molecule has 1 aliphatic heterocycles. The van der Waals surface area contributed by atoms with Gasteiger partial charge in [0.05, 0.1) is 12.1 Å². The van der Waals surface area contributed by atoms with Crippen molar-refractivity contribution in [2.24, 2.45) is 0 Å². The largest absolute Gasteiger partial charge is 0.481 e. The van der Waals surface area contributed by atoms with E-state index in [0.29, 0.717) is 11.7 Å². The van der Waals surface area contributed by atoms with Gasteiger partial charge in [-0.15, -0.1) is 11.3 Å². The molecule has 100 valence electrons. The van der Waals surface area contributed by atoms with Crippen LogP contribution in [0.3, 0.4) is 0 Å². The fraction of sp³-hybridized carbons (Fsp3) is 0.667. The first-order valence-electron chi connectivity index (χ1n) is 6.25. The van der Waals surface area contributed by atoms with E-state index in [2.05, 4.69) is 10.3 Å². The minimum atomic E-state index is -0.767. The second kappa shape index (κ2) is 6.99. The minimum Gasteiger partial charge on any atom is -0.481 e. The predicted octanol–water partition coefficient (Wildman–Crippen LogP) is 2.86. The van der Waals surface area contributed by atoms with Crippen LogP contribution in [0.4, 0.5) is 5.13 Å². The van der Waals surface area contributed by atoms with Crippen LogP contribution >= 0.6 is 23.1 Å². The molecule has 4 nitrogen and oxygen atoms in total. The maximum atomic E-state index is 10.5. The number of carboxylic acids is 1. The van der Waals surface area contributed by atoms with E-state index in [1.54, 1.807) is 11.3 Å². The van der Waals surface area contributed by atoms with Gasteiger partial charge in [-0.05, 0) is 18.6 Å². The zero-order valence-corrected chi connectivity index (χ0v) is 11.9. The molecular formula is C12H18N2O2S2. The summed E-state index contributed by atoms with van der Waals surface area (Å²) >= 11 is 3.61. The van der Waals surface area contributed by atoms with Crippen molar-refractivity contribution in [1.82, 2.24) is 4.98 Å². The molecule has 1 saturated heterocycles. The highest BCUT2D eigenvalue weighted by Crippen LogP contribution is 2.26. The predicted molar refractivity (Wildman–Crippen MR) is 76.7 cm³/mol. The van der Waals surface area contributed by atoms with Gasteiger partial charge in [-0.3, -0.25) is 4.79 Å². The third-order valence-electron chi connectivity index (χ3n) is 2.90. The summed E-state index contributed by atoms with van der Waals surface area (Å²) < 4.78 is 0. The number of hydrogen-bond donors (Lipinski definition) is 2. The Hall–Kier alpha value is -0.750. The molecule has 1 aliphatic rings. The summed E-state index contributed by atoms with van der Waals surface area (Å²) in [5, 5.41) is 15.5. The van der Waals surface area contributed by atoms with E-state index in [9.17, 15) is 4.79 Å². The first-order chi connectivity index (χ1) is 8.74. The molecule has 0 spiro atoms. The molecule has 2 heterocycles. The number of aryl methyl sites for hydroxylation is 1. The Bertz CT molecular complexity index is 389. The monoisotopic (exact) mass is 286 g/mol. The van der Waals surface area contributed by atoms with E-state index in [4.69, 9.17) is 5.11 Å². The minimum absolute atomic E-state index is 0.154. The first kappa shape index (κ1) is 13.7. The van der Waals surface area contributed by atoms with Gasteiger partial charge in [-0.2, -0.15) is 11.8 Å². The third-order valence-corrected chi connectivity index (χ3v) is 5.15. The number of aromatic nitrogens is 1. The number of carbonyl (C=O) groups is 1. The van der Waals surface area contributed by atoms with Crippen molar-refractivity contribution in [3.05, 3.63) is 11.1 Å². The van der Waals surface area contributed by atoms with Crippen LogP contribution in [0, 0.1) is 0 Å². The Morgan fingerprint density at radius 1 is 1.56 bits per heavy atom. The van der Waals surface area contributed by atoms with Gasteiger partial charge in [-0.1, -0.05) is 6.42 Å². The smallest absolute Gasteiger partial charge is 0.303 e. The molecule has 0 amide bonds. The average molecular weight is 286 g/mol. The summed E-state index contributed by atoms with van der Waals surface area (Å²) in [5.41, 5.74) is 0.876.